The number of hydrogen-bond donors (Lipinski definition) is 1. The van der Waals surface area contributed by atoms with Crippen LogP contribution in [0.3, 0.4) is 0 Å². The molecule has 0 aliphatic carbocycles. The molecule has 0 spiro atoms. The van der Waals surface area contributed by atoms with Crippen molar-refractivity contribution in [3.8, 4) is 0 Å². The second-order valence-corrected chi connectivity index (χ2v) is 9.86. The van der Waals surface area contributed by atoms with Crippen molar-refractivity contribution in [2.75, 3.05) is 18.1 Å². The highest BCUT2D eigenvalue weighted by molar-refractivity contribution is 7.92. The monoisotopic (exact) mass is 361 g/mol. The van der Waals surface area contributed by atoms with Crippen molar-refractivity contribution in [3.63, 3.8) is 0 Å². The summed E-state index contributed by atoms with van der Waals surface area (Å²) < 4.78 is 49.9. The van der Waals surface area contributed by atoms with Crippen molar-refractivity contribution in [1.82, 2.24) is 4.31 Å². The number of aliphatic carboxylic acids is 1. The predicted octanol–water partition coefficient (Wildman–Crippen LogP) is 0.566. The number of sulfonamides is 1. The lowest BCUT2D eigenvalue weighted by Gasteiger charge is -2.26. The molecule has 0 unspecified atom stereocenters. The standard InChI is InChI=1S/C14H19NO6S2/c1-10-3-4-11(2)13(7-10)23(20,21)15(8-14(16)17)12-5-6-22(18,19)9-12/h3-4,7,12H,5-6,8-9H2,1-2H3,(H,16,17)/t12-/m1/s1. The molecule has 1 heterocycles. The van der Waals surface area contributed by atoms with Gasteiger partial charge in [0.1, 0.15) is 6.54 Å². The largest absolute Gasteiger partial charge is 0.480 e. The van der Waals surface area contributed by atoms with Gasteiger partial charge in [-0.05, 0) is 37.5 Å². The normalized spacial score (nSPS) is 20.7. The summed E-state index contributed by atoms with van der Waals surface area (Å²) >= 11 is 0. The third kappa shape index (κ3) is 3.91. The zero-order chi connectivity index (χ0) is 17.4. The molecule has 1 fully saturated rings. The number of nitrogens with zero attached hydrogens (tertiary/aromatic N) is 1. The van der Waals surface area contributed by atoms with E-state index in [-0.39, 0.29) is 22.8 Å². The van der Waals surface area contributed by atoms with E-state index in [2.05, 4.69) is 0 Å². The third-order valence-electron chi connectivity index (χ3n) is 3.84. The Labute approximate surface area is 135 Å². The fourth-order valence-corrected chi connectivity index (χ4v) is 6.40. The summed E-state index contributed by atoms with van der Waals surface area (Å²) in [6.45, 7) is 2.60. The van der Waals surface area contributed by atoms with Crippen LogP contribution in [0.1, 0.15) is 17.5 Å². The van der Waals surface area contributed by atoms with Gasteiger partial charge in [-0.25, -0.2) is 16.8 Å². The first-order valence-electron chi connectivity index (χ1n) is 7.04. The van der Waals surface area contributed by atoms with E-state index in [1.807, 2.05) is 0 Å². The van der Waals surface area contributed by atoms with Gasteiger partial charge in [0.2, 0.25) is 10.0 Å². The van der Waals surface area contributed by atoms with Crippen LogP contribution in [-0.2, 0) is 24.7 Å². The van der Waals surface area contributed by atoms with Crippen LogP contribution in [-0.4, -0.2) is 56.3 Å². The van der Waals surface area contributed by atoms with E-state index in [0.717, 1.165) is 9.87 Å². The minimum Gasteiger partial charge on any atom is -0.480 e. The van der Waals surface area contributed by atoms with E-state index in [0.29, 0.717) is 5.56 Å². The van der Waals surface area contributed by atoms with Crippen LogP contribution < -0.4 is 0 Å². The Hall–Kier alpha value is -1.45. The molecule has 23 heavy (non-hydrogen) atoms. The molecule has 0 aromatic heterocycles. The van der Waals surface area contributed by atoms with Crippen LogP contribution in [0.15, 0.2) is 23.1 Å². The van der Waals surface area contributed by atoms with Crippen LogP contribution in [0.25, 0.3) is 0 Å². The Morgan fingerprint density at radius 2 is 2.00 bits per heavy atom. The fraction of sp³-hybridized carbons (Fsp3) is 0.500. The lowest BCUT2D eigenvalue weighted by molar-refractivity contribution is -0.137. The topological polar surface area (TPSA) is 109 Å². The molecule has 1 aromatic rings. The summed E-state index contributed by atoms with van der Waals surface area (Å²) in [5.74, 6) is -1.79. The van der Waals surface area contributed by atoms with Gasteiger partial charge in [-0.1, -0.05) is 12.1 Å². The Bertz CT molecular complexity index is 829. The van der Waals surface area contributed by atoms with Gasteiger partial charge in [0, 0.05) is 6.04 Å². The number of carboxylic acid groups (broad SMARTS) is 1. The van der Waals surface area contributed by atoms with Gasteiger partial charge in [-0.15, -0.1) is 0 Å². The highest BCUT2D eigenvalue weighted by atomic mass is 32.2. The van der Waals surface area contributed by atoms with Gasteiger partial charge in [-0.3, -0.25) is 4.79 Å². The van der Waals surface area contributed by atoms with Crippen molar-refractivity contribution < 1.29 is 26.7 Å². The van der Waals surface area contributed by atoms with Gasteiger partial charge in [-0.2, -0.15) is 4.31 Å². The molecule has 0 bridgehead atoms. The average Bonchev–Trinajstić information content (AvgIpc) is 2.78. The maximum Gasteiger partial charge on any atom is 0.318 e. The highest BCUT2D eigenvalue weighted by Crippen LogP contribution is 2.27. The summed E-state index contributed by atoms with van der Waals surface area (Å²) in [6, 6.07) is 4.03. The zero-order valence-electron chi connectivity index (χ0n) is 12.9. The molecule has 1 aliphatic heterocycles. The van der Waals surface area contributed by atoms with Gasteiger partial charge in [0.15, 0.2) is 9.84 Å². The first-order chi connectivity index (χ1) is 10.5. The molecule has 128 valence electrons. The van der Waals surface area contributed by atoms with Crippen molar-refractivity contribution in [3.05, 3.63) is 29.3 Å². The first kappa shape index (κ1) is 17.9. The number of carboxylic acids is 1. The Morgan fingerprint density at radius 1 is 1.35 bits per heavy atom. The second-order valence-electron chi connectivity index (χ2n) is 5.77. The summed E-state index contributed by atoms with van der Waals surface area (Å²) in [7, 11) is -7.43. The Balaban J connectivity index is 2.49. The lowest BCUT2D eigenvalue weighted by Crippen LogP contribution is -2.44. The lowest BCUT2D eigenvalue weighted by atomic mass is 10.2. The van der Waals surface area contributed by atoms with Crippen LogP contribution in [0, 0.1) is 13.8 Å². The molecule has 7 nitrogen and oxygen atoms in total. The summed E-state index contributed by atoms with van der Waals surface area (Å²) in [6.07, 6.45) is 0.111. The number of benzene rings is 1. The van der Waals surface area contributed by atoms with E-state index < -0.39 is 38.4 Å². The van der Waals surface area contributed by atoms with E-state index in [4.69, 9.17) is 5.11 Å². The molecule has 1 aliphatic rings. The summed E-state index contributed by atoms with van der Waals surface area (Å²) in [5.41, 5.74) is 1.22. The fourth-order valence-electron chi connectivity index (χ4n) is 2.66. The van der Waals surface area contributed by atoms with Gasteiger partial charge in [0.05, 0.1) is 16.4 Å². The molecule has 1 aromatic carbocycles. The van der Waals surface area contributed by atoms with Crippen molar-refractivity contribution in [2.45, 2.75) is 31.2 Å². The quantitative estimate of drug-likeness (QED) is 0.821. The number of aryl methyl sites for hydroxylation is 2. The number of sulfone groups is 1. The number of hydrogen-bond acceptors (Lipinski definition) is 5. The van der Waals surface area contributed by atoms with Gasteiger partial charge >= 0.3 is 5.97 Å². The van der Waals surface area contributed by atoms with E-state index >= 15 is 0 Å². The maximum absolute atomic E-state index is 12.9. The molecule has 9 heteroatoms. The average molecular weight is 361 g/mol. The predicted molar refractivity (Wildman–Crippen MR) is 84.5 cm³/mol. The summed E-state index contributed by atoms with van der Waals surface area (Å²) in [4.78, 5) is 11.1. The SMILES string of the molecule is Cc1ccc(C)c(S(=O)(=O)N(CC(=O)O)[C@@H]2CCS(=O)(=O)C2)c1. The van der Waals surface area contributed by atoms with Crippen molar-refractivity contribution in [2.24, 2.45) is 0 Å². The maximum atomic E-state index is 12.9. The molecule has 0 amide bonds. The first-order valence-corrected chi connectivity index (χ1v) is 10.3. The molecule has 2 rings (SSSR count). The molecule has 0 radical (unpaired) electrons. The van der Waals surface area contributed by atoms with E-state index in [1.54, 1.807) is 26.0 Å². The number of rotatable bonds is 5. The molecule has 1 atom stereocenters. The Kier molecular flexibility index (Phi) is 4.84. The van der Waals surface area contributed by atoms with Crippen LogP contribution in [0.4, 0.5) is 0 Å². The van der Waals surface area contributed by atoms with Crippen LogP contribution in [0.5, 0.6) is 0 Å². The van der Waals surface area contributed by atoms with Gasteiger partial charge < -0.3 is 5.11 Å². The highest BCUT2D eigenvalue weighted by Gasteiger charge is 2.40. The van der Waals surface area contributed by atoms with Crippen molar-refractivity contribution in [1.29, 1.82) is 0 Å². The molecule has 1 N–H and O–H groups in total. The smallest absolute Gasteiger partial charge is 0.318 e. The van der Waals surface area contributed by atoms with Crippen LogP contribution in [0.2, 0.25) is 0 Å². The minimum atomic E-state index is -4.09. The van der Waals surface area contributed by atoms with E-state index in [9.17, 15) is 21.6 Å². The minimum absolute atomic E-state index is 0.0167. The second kappa shape index (κ2) is 6.21. The van der Waals surface area contributed by atoms with Gasteiger partial charge in [0.25, 0.3) is 0 Å². The zero-order valence-corrected chi connectivity index (χ0v) is 14.5. The Morgan fingerprint density at radius 3 is 2.52 bits per heavy atom. The molecular formula is C14H19NO6S2. The summed E-state index contributed by atoms with van der Waals surface area (Å²) in [5, 5.41) is 9.05. The van der Waals surface area contributed by atoms with E-state index in [1.165, 1.54) is 6.07 Å². The third-order valence-corrected chi connectivity index (χ3v) is 7.63. The van der Waals surface area contributed by atoms with Crippen molar-refractivity contribution >= 4 is 25.8 Å². The molecular weight excluding hydrogens is 342 g/mol. The van der Waals surface area contributed by atoms with Crippen LogP contribution >= 0.6 is 0 Å². The molecule has 0 saturated carbocycles. The molecule has 1 saturated heterocycles. The number of carbonyl (C=O) groups is 1.